The van der Waals surface area contributed by atoms with E-state index in [1.807, 2.05) is 6.92 Å². The van der Waals surface area contributed by atoms with Crippen LogP contribution in [0.1, 0.15) is 55.5 Å². The largest absolute Gasteiger partial charge is 0.469 e. The number of ether oxygens (including phenoxy) is 1. The molecule has 128 valence electrons. The molecule has 0 aromatic heterocycles. The molecule has 1 aromatic carbocycles. The van der Waals surface area contributed by atoms with E-state index < -0.39 is 10.3 Å². The van der Waals surface area contributed by atoms with Gasteiger partial charge in [-0.15, -0.1) is 0 Å². The molecule has 24 heavy (non-hydrogen) atoms. The van der Waals surface area contributed by atoms with Gasteiger partial charge in [-0.25, -0.2) is 0 Å². The molecule has 0 radical (unpaired) electrons. The van der Waals surface area contributed by atoms with E-state index in [0.29, 0.717) is 12.0 Å². The van der Waals surface area contributed by atoms with E-state index in [0.717, 1.165) is 18.4 Å². The van der Waals surface area contributed by atoms with Crippen LogP contribution >= 0.6 is 0 Å². The van der Waals surface area contributed by atoms with Crippen LogP contribution in [-0.2, 0) is 14.9 Å². The normalized spacial score (nSPS) is 31.8. The highest BCUT2D eigenvalue weighted by Crippen LogP contribution is 2.57. The summed E-state index contributed by atoms with van der Waals surface area (Å²) in [5.41, 5.74) is 0.105. The monoisotopic (exact) mass is 331 g/mol. The highest BCUT2D eigenvalue weighted by atomic mass is 16.6. The van der Waals surface area contributed by atoms with E-state index >= 15 is 0 Å². The van der Waals surface area contributed by atoms with Crippen molar-refractivity contribution in [1.29, 1.82) is 0 Å². The minimum absolute atomic E-state index is 0.0734. The summed E-state index contributed by atoms with van der Waals surface area (Å²) in [5.74, 6) is -0.572. The summed E-state index contributed by atoms with van der Waals surface area (Å²) in [4.78, 5) is 35.6. The first kappa shape index (κ1) is 16.6. The van der Waals surface area contributed by atoms with Crippen molar-refractivity contribution in [2.45, 2.75) is 44.9 Å². The second-order valence-corrected chi connectivity index (χ2v) is 7.35. The minimum atomic E-state index is -0.711. The number of esters is 1. The number of carbonyl (C=O) groups is 2. The number of rotatable bonds is 2. The van der Waals surface area contributed by atoms with Gasteiger partial charge in [-0.1, -0.05) is 19.4 Å². The van der Waals surface area contributed by atoms with Crippen molar-refractivity contribution in [3.63, 3.8) is 0 Å². The van der Waals surface area contributed by atoms with Crippen LogP contribution < -0.4 is 0 Å². The molecule has 0 bridgehead atoms. The summed E-state index contributed by atoms with van der Waals surface area (Å²) in [7, 11) is 1.38. The summed E-state index contributed by atoms with van der Waals surface area (Å²) in [6.45, 7) is 3.94. The van der Waals surface area contributed by atoms with Gasteiger partial charge >= 0.3 is 5.97 Å². The molecule has 0 saturated heterocycles. The molecule has 3 atom stereocenters. The van der Waals surface area contributed by atoms with Crippen LogP contribution in [0.2, 0.25) is 0 Å². The van der Waals surface area contributed by atoms with E-state index in [-0.39, 0.29) is 35.2 Å². The van der Waals surface area contributed by atoms with Gasteiger partial charge in [-0.2, -0.15) is 0 Å². The molecule has 0 amide bonds. The number of benzene rings is 1. The number of Topliss-reactive ketones (excluding diaryl/α,β-unsaturated/α-hetero) is 1. The van der Waals surface area contributed by atoms with Gasteiger partial charge in [0.15, 0.2) is 5.78 Å². The molecule has 1 fully saturated rings. The van der Waals surface area contributed by atoms with Gasteiger partial charge in [0, 0.05) is 24.1 Å². The van der Waals surface area contributed by atoms with Gasteiger partial charge < -0.3 is 4.74 Å². The molecule has 0 spiro atoms. The number of nitro groups is 1. The average Bonchev–Trinajstić information content (AvgIpc) is 2.56. The molecule has 2 aliphatic rings. The lowest BCUT2D eigenvalue weighted by Gasteiger charge is -2.53. The predicted octanol–water partition coefficient (Wildman–Crippen LogP) is 3.42. The molecule has 3 unspecified atom stereocenters. The smallest absolute Gasteiger partial charge is 0.311 e. The molecule has 2 aliphatic carbocycles. The zero-order chi connectivity index (χ0) is 17.7. The summed E-state index contributed by atoms with van der Waals surface area (Å²) in [5, 5.41) is 11.0. The van der Waals surface area contributed by atoms with Crippen LogP contribution in [0, 0.1) is 21.4 Å². The van der Waals surface area contributed by atoms with Crippen LogP contribution in [0.15, 0.2) is 18.2 Å². The second kappa shape index (κ2) is 5.40. The Bertz CT molecular complexity index is 743. The Kier molecular flexibility index (Phi) is 3.73. The predicted molar refractivity (Wildman–Crippen MR) is 86.9 cm³/mol. The molecule has 3 rings (SSSR count). The number of fused-ring (bicyclic) bond motifs is 3. The lowest BCUT2D eigenvalue weighted by molar-refractivity contribution is -0.384. The third-order valence-corrected chi connectivity index (χ3v) is 6.10. The van der Waals surface area contributed by atoms with Crippen molar-refractivity contribution in [1.82, 2.24) is 0 Å². The average molecular weight is 331 g/mol. The van der Waals surface area contributed by atoms with Crippen LogP contribution in [0.25, 0.3) is 0 Å². The van der Waals surface area contributed by atoms with Crippen LogP contribution in [0.5, 0.6) is 0 Å². The minimum Gasteiger partial charge on any atom is -0.469 e. The Morgan fingerprint density at radius 1 is 1.33 bits per heavy atom. The third kappa shape index (κ3) is 2.16. The number of carbonyl (C=O) groups excluding carboxylic acids is 2. The molecule has 1 saturated carbocycles. The molecule has 6 nitrogen and oxygen atoms in total. The standard InChI is InChI=1S/C18H21NO5/c1-17-7-4-8-18(2,16(21)24-3)15(17)10-14(20)12-9-11(19(22)23)5-6-13(12)17/h5-6,9,15H,4,7-8,10H2,1-3H3. The molecule has 0 aliphatic heterocycles. The Morgan fingerprint density at radius 3 is 2.67 bits per heavy atom. The van der Waals surface area contributed by atoms with Gasteiger partial charge in [-0.3, -0.25) is 19.7 Å². The molecular weight excluding hydrogens is 310 g/mol. The van der Waals surface area contributed by atoms with E-state index in [2.05, 4.69) is 6.92 Å². The van der Waals surface area contributed by atoms with Crippen molar-refractivity contribution in [2.75, 3.05) is 7.11 Å². The fourth-order valence-corrected chi connectivity index (χ4v) is 4.79. The Hall–Kier alpha value is -2.24. The fraction of sp³-hybridized carbons (Fsp3) is 0.556. The molecular formula is C18H21NO5. The Labute approximate surface area is 140 Å². The fourth-order valence-electron chi connectivity index (χ4n) is 4.79. The van der Waals surface area contributed by atoms with Gasteiger partial charge in [0.25, 0.3) is 5.69 Å². The van der Waals surface area contributed by atoms with Gasteiger partial charge in [0.2, 0.25) is 0 Å². The lowest BCUT2D eigenvalue weighted by atomic mass is 9.49. The van der Waals surface area contributed by atoms with Crippen LogP contribution in [-0.4, -0.2) is 23.8 Å². The van der Waals surface area contributed by atoms with Crippen LogP contribution in [0.4, 0.5) is 5.69 Å². The first-order valence-electron chi connectivity index (χ1n) is 8.14. The van der Waals surface area contributed by atoms with Crippen molar-refractivity contribution in [3.8, 4) is 0 Å². The maximum absolute atomic E-state index is 12.7. The third-order valence-electron chi connectivity index (χ3n) is 6.10. The van der Waals surface area contributed by atoms with Crippen molar-refractivity contribution < 1.29 is 19.2 Å². The summed E-state index contributed by atoms with van der Waals surface area (Å²) in [6.07, 6.45) is 2.61. The van der Waals surface area contributed by atoms with Gasteiger partial charge in [-0.05, 0) is 36.7 Å². The topological polar surface area (TPSA) is 86.5 Å². The number of nitrogens with zero attached hydrogens (tertiary/aromatic N) is 1. The quantitative estimate of drug-likeness (QED) is 0.471. The van der Waals surface area contributed by atoms with Crippen molar-refractivity contribution in [3.05, 3.63) is 39.4 Å². The molecule has 0 heterocycles. The first-order chi connectivity index (χ1) is 11.2. The number of hydrogen-bond acceptors (Lipinski definition) is 5. The van der Waals surface area contributed by atoms with Gasteiger partial charge in [0.05, 0.1) is 17.4 Å². The summed E-state index contributed by atoms with van der Waals surface area (Å²) >= 11 is 0. The molecule has 6 heteroatoms. The number of methoxy groups -OCH3 is 1. The SMILES string of the molecule is COC(=O)C1(C)CCCC2(C)c3ccc([N+](=O)[O-])cc3C(=O)CC12. The van der Waals surface area contributed by atoms with Gasteiger partial charge in [0.1, 0.15) is 0 Å². The molecule has 0 N–H and O–H groups in total. The van der Waals surface area contributed by atoms with E-state index in [4.69, 9.17) is 4.74 Å². The Morgan fingerprint density at radius 2 is 2.04 bits per heavy atom. The number of hydrogen-bond donors (Lipinski definition) is 0. The van der Waals surface area contributed by atoms with E-state index in [9.17, 15) is 19.7 Å². The van der Waals surface area contributed by atoms with Crippen molar-refractivity contribution in [2.24, 2.45) is 11.3 Å². The maximum Gasteiger partial charge on any atom is 0.311 e. The van der Waals surface area contributed by atoms with E-state index in [1.165, 1.54) is 19.2 Å². The maximum atomic E-state index is 12.7. The molecule has 1 aromatic rings. The zero-order valence-electron chi connectivity index (χ0n) is 14.1. The highest BCUT2D eigenvalue weighted by Gasteiger charge is 2.57. The van der Waals surface area contributed by atoms with Crippen LogP contribution in [0.3, 0.4) is 0 Å². The summed E-state index contributed by atoms with van der Waals surface area (Å²) in [6, 6.07) is 4.52. The first-order valence-corrected chi connectivity index (χ1v) is 8.14. The number of non-ortho nitro benzene ring substituents is 1. The second-order valence-electron chi connectivity index (χ2n) is 7.35. The van der Waals surface area contributed by atoms with Crippen molar-refractivity contribution >= 4 is 17.4 Å². The highest BCUT2D eigenvalue weighted by molar-refractivity contribution is 6.00. The number of nitro benzene ring substituents is 1. The zero-order valence-corrected chi connectivity index (χ0v) is 14.1. The number of ketones is 1. The summed E-state index contributed by atoms with van der Waals surface area (Å²) < 4.78 is 5.02. The lowest BCUT2D eigenvalue weighted by Crippen LogP contribution is -2.53. The Balaban J connectivity index is 2.15. The van der Waals surface area contributed by atoms with E-state index in [1.54, 1.807) is 6.07 Å².